The van der Waals surface area contributed by atoms with E-state index in [1.54, 1.807) is 42.5 Å². The Labute approximate surface area is 198 Å². The molecule has 3 aromatic rings. The first-order valence-electron chi connectivity index (χ1n) is 10.6. The number of hydrazone groups is 1. The quantitative estimate of drug-likeness (QED) is 0.285. The second-order valence-electron chi connectivity index (χ2n) is 7.77. The molecule has 3 amide bonds. The fourth-order valence-corrected chi connectivity index (χ4v) is 3.23. The van der Waals surface area contributed by atoms with Gasteiger partial charge in [-0.2, -0.15) is 5.10 Å². The minimum absolute atomic E-state index is 0.205. The van der Waals surface area contributed by atoms with Crippen molar-refractivity contribution in [3.63, 3.8) is 0 Å². The third-order valence-electron chi connectivity index (χ3n) is 4.64. The number of nitrogens with zero attached hydrogens (tertiary/aromatic N) is 1. The number of amides is 3. The van der Waals surface area contributed by atoms with Crippen LogP contribution >= 0.6 is 0 Å². The number of ether oxygens (including phenoxy) is 1. The van der Waals surface area contributed by atoms with Gasteiger partial charge in [0.2, 0.25) is 0 Å². The minimum atomic E-state index is -0.913. The number of benzene rings is 3. The van der Waals surface area contributed by atoms with Crippen molar-refractivity contribution in [3.05, 3.63) is 89.0 Å². The first kappa shape index (κ1) is 24.2. The summed E-state index contributed by atoms with van der Waals surface area (Å²) in [7, 11) is 0. The summed E-state index contributed by atoms with van der Waals surface area (Å²) in [5.74, 6) is -1.66. The molecule has 174 valence electrons. The van der Waals surface area contributed by atoms with Gasteiger partial charge < -0.3 is 15.4 Å². The summed E-state index contributed by atoms with van der Waals surface area (Å²) in [4.78, 5) is 36.4. The predicted molar refractivity (Wildman–Crippen MR) is 132 cm³/mol. The van der Waals surface area contributed by atoms with Crippen LogP contribution in [0.2, 0.25) is 0 Å². The molecule has 0 aliphatic rings. The van der Waals surface area contributed by atoms with Gasteiger partial charge >= 0.3 is 11.8 Å². The van der Waals surface area contributed by atoms with Crippen molar-refractivity contribution in [2.45, 2.75) is 20.8 Å². The van der Waals surface area contributed by atoms with Gasteiger partial charge in [0.15, 0.2) is 6.61 Å². The Balaban J connectivity index is 1.54. The molecule has 0 unspecified atom stereocenters. The first-order chi connectivity index (χ1) is 16.3. The van der Waals surface area contributed by atoms with Gasteiger partial charge in [0.05, 0.1) is 6.21 Å². The fraction of sp³-hybridized carbons (Fsp3) is 0.154. The maximum Gasteiger partial charge on any atom is 0.329 e. The molecule has 3 rings (SSSR count). The summed E-state index contributed by atoms with van der Waals surface area (Å²) >= 11 is 0. The zero-order chi connectivity index (χ0) is 24.5. The normalized spacial score (nSPS) is 10.6. The van der Waals surface area contributed by atoms with Gasteiger partial charge in [0.1, 0.15) is 5.75 Å². The zero-order valence-electron chi connectivity index (χ0n) is 19.2. The van der Waals surface area contributed by atoms with Gasteiger partial charge in [-0.05, 0) is 73.9 Å². The van der Waals surface area contributed by atoms with Crippen molar-refractivity contribution in [3.8, 4) is 5.75 Å². The average molecular weight is 459 g/mol. The van der Waals surface area contributed by atoms with E-state index in [1.807, 2.05) is 45.0 Å². The zero-order valence-corrected chi connectivity index (χ0v) is 19.2. The summed E-state index contributed by atoms with van der Waals surface area (Å²) in [5, 5.41) is 9.15. The van der Waals surface area contributed by atoms with E-state index in [9.17, 15) is 14.4 Å². The molecular formula is C26H26N4O4. The van der Waals surface area contributed by atoms with E-state index in [0.29, 0.717) is 22.7 Å². The van der Waals surface area contributed by atoms with Crippen LogP contribution in [0.5, 0.6) is 5.75 Å². The van der Waals surface area contributed by atoms with Crippen LogP contribution in [-0.4, -0.2) is 30.5 Å². The summed E-state index contributed by atoms with van der Waals surface area (Å²) < 4.78 is 5.63. The molecule has 34 heavy (non-hydrogen) atoms. The van der Waals surface area contributed by atoms with Crippen LogP contribution < -0.4 is 20.8 Å². The minimum Gasteiger partial charge on any atom is -0.483 e. The van der Waals surface area contributed by atoms with E-state index in [-0.39, 0.29) is 12.5 Å². The second kappa shape index (κ2) is 11.4. The molecule has 0 aromatic heterocycles. The number of para-hydroxylation sites is 1. The van der Waals surface area contributed by atoms with Crippen molar-refractivity contribution in [2.75, 3.05) is 17.2 Å². The van der Waals surface area contributed by atoms with Gasteiger partial charge in [-0.25, -0.2) is 5.43 Å². The molecule has 8 nitrogen and oxygen atoms in total. The number of nitrogens with one attached hydrogen (secondary N) is 3. The Morgan fingerprint density at radius 2 is 1.50 bits per heavy atom. The largest absolute Gasteiger partial charge is 0.483 e. The Bertz CT molecular complexity index is 1220. The van der Waals surface area contributed by atoms with Crippen LogP contribution in [0.15, 0.2) is 71.8 Å². The molecular weight excluding hydrogens is 432 g/mol. The lowest BCUT2D eigenvalue weighted by Gasteiger charge is -2.10. The van der Waals surface area contributed by atoms with Crippen molar-refractivity contribution in [2.24, 2.45) is 5.10 Å². The molecule has 0 aliphatic carbocycles. The lowest BCUT2D eigenvalue weighted by Crippen LogP contribution is -2.32. The summed E-state index contributed by atoms with van der Waals surface area (Å²) in [6.45, 7) is 5.59. The van der Waals surface area contributed by atoms with Gasteiger partial charge in [-0.1, -0.05) is 30.3 Å². The van der Waals surface area contributed by atoms with Crippen molar-refractivity contribution in [1.82, 2.24) is 5.43 Å². The molecule has 0 atom stereocenters. The van der Waals surface area contributed by atoms with Crippen LogP contribution in [0.1, 0.15) is 22.3 Å². The molecule has 0 spiro atoms. The predicted octanol–water partition coefficient (Wildman–Crippen LogP) is 3.72. The number of aryl methyl sites for hydroxylation is 3. The number of rotatable bonds is 7. The van der Waals surface area contributed by atoms with E-state index in [1.165, 1.54) is 6.21 Å². The number of hydrogen-bond acceptors (Lipinski definition) is 5. The average Bonchev–Trinajstić information content (AvgIpc) is 2.77. The van der Waals surface area contributed by atoms with Crippen LogP contribution in [0, 0.1) is 20.8 Å². The topological polar surface area (TPSA) is 109 Å². The van der Waals surface area contributed by atoms with E-state index >= 15 is 0 Å². The smallest absolute Gasteiger partial charge is 0.329 e. The highest BCUT2D eigenvalue weighted by atomic mass is 16.5. The van der Waals surface area contributed by atoms with Gasteiger partial charge in [0.25, 0.3) is 5.91 Å². The number of carbonyl (C=O) groups is 3. The van der Waals surface area contributed by atoms with Gasteiger partial charge in [0, 0.05) is 16.9 Å². The maximum absolute atomic E-state index is 12.3. The third-order valence-corrected chi connectivity index (χ3v) is 4.64. The molecule has 0 fully saturated rings. The molecule has 3 N–H and O–H groups in total. The molecule has 0 heterocycles. The molecule has 0 aliphatic heterocycles. The first-order valence-corrected chi connectivity index (χ1v) is 10.6. The molecule has 0 saturated heterocycles. The fourth-order valence-electron chi connectivity index (χ4n) is 3.23. The standard InChI is InChI=1S/C26H26N4O4/c1-17-7-6-9-21(12-17)29-25(32)26(33)30-27-15-20-8-4-5-10-23(20)34-16-24(31)28-22-13-18(2)11-19(3)14-22/h4-15H,16H2,1-3H3,(H,28,31)(H,29,32)(H,30,33)/b27-15-. The maximum atomic E-state index is 12.3. The monoisotopic (exact) mass is 458 g/mol. The number of hydrogen-bond donors (Lipinski definition) is 3. The van der Waals surface area contributed by atoms with E-state index in [0.717, 1.165) is 16.7 Å². The van der Waals surface area contributed by atoms with E-state index in [4.69, 9.17) is 4.74 Å². The Hall–Kier alpha value is -4.46. The molecule has 0 saturated carbocycles. The van der Waals surface area contributed by atoms with Crippen LogP contribution in [0.25, 0.3) is 0 Å². The van der Waals surface area contributed by atoms with Crippen molar-refractivity contribution < 1.29 is 19.1 Å². The highest BCUT2D eigenvalue weighted by Gasteiger charge is 2.13. The third kappa shape index (κ3) is 7.30. The van der Waals surface area contributed by atoms with Gasteiger partial charge in [-0.15, -0.1) is 0 Å². The second-order valence-corrected chi connectivity index (χ2v) is 7.77. The molecule has 0 radical (unpaired) electrons. The van der Waals surface area contributed by atoms with Crippen LogP contribution in [0.3, 0.4) is 0 Å². The number of anilines is 2. The molecule has 8 heteroatoms. The molecule has 3 aromatic carbocycles. The number of carbonyl (C=O) groups excluding carboxylic acids is 3. The molecule has 0 bridgehead atoms. The highest BCUT2D eigenvalue weighted by molar-refractivity contribution is 6.39. The highest BCUT2D eigenvalue weighted by Crippen LogP contribution is 2.17. The SMILES string of the molecule is Cc1cc(C)cc(NC(=O)COc2ccccc2/C=N\NC(=O)C(=O)Nc2cccc(C)c2)c1. The van der Waals surface area contributed by atoms with E-state index < -0.39 is 11.8 Å². The summed E-state index contributed by atoms with van der Waals surface area (Å²) in [5.41, 5.74) is 6.98. The van der Waals surface area contributed by atoms with Crippen LogP contribution in [0.4, 0.5) is 11.4 Å². The van der Waals surface area contributed by atoms with E-state index in [2.05, 4.69) is 21.2 Å². The van der Waals surface area contributed by atoms with Gasteiger partial charge in [-0.3, -0.25) is 14.4 Å². The Morgan fingerprint density at radius 3 is 2.24 bits per heavy atom. The lowest BCUT2D eigenvalue weighted by atomic mass is 10.1. The summed E-state index contributed by atoms with van der Waals surface area (Å²) in [6, 6.07) is 19.8. The Kier molecular flexibility index (Phi) is 8.12. The van der Waals surface area contributed by atoms with Crippen molar-refractivity contribution in [1.29, 1.82) is 0 Å². The van der Waals surface area contributed by atoms with Crippen LogP contribution in [-0.2, 0) is 14.4 Å². The summed E-state index contributed by atoms with van der Waals surface area (Å²) in [6.07, 6.45) is 1.34. The lowest BCUT2D eigenvalue weighted by molar-refractivity contribution is -0.136. The Morgan fingerprint density at radius 1 is 0.794 bits per heavy atom. The van der Waals surface area contributed by atoms with Crippen molar-refractivity contribution >= 4 is 35.3 Å².